The first-order valence-corrected chi connectivity index (χ1v) is 6.90. The number of rotatable bonds is 4. The second-order valence-corrected chi connectivity index (χ2v) is 5.06. The lowest BCUT2D eigenvalue weighted by Gasteiger charge is -2.31. The van der Waals surface area contributed by atoms with Crippen LogP contribution in [0, 0.1) is 0 Å². The maximum absolute atomic E-state index is 12.0. The maximum atomic E-state index is 12.0. The van der Waals surface area contributed by atoms with Crippen LogP contribution < -0.4 is 0 Å². The van der Waals surface area contributed by atoms with Crippen LogP contribution in [0.15, 0.2) is 0 Å². The Kier molecular flexibility index (Phi) is 5.15. The monoisotopic (exact) mass is 271 g/mol. The Hall–Kier alpha value is -1.14. The number of nitrogens with zero attached hydrogens (tertiary/aromatic N) is 1. The van der Waals surface area contributed by atoms with Crippen LogP contribution in [0.1, 0.15) is 32.1 Å². The highest BCUT2D eigenvalue weighted by molar-refractivity contribution is 5.78. The molecule has 6 nitrogen and oxygen atoms in total. The smallest absolute Gasteiger partial charge is 0.334 e. The van der Waals surface area contributed by atoms with Crippen molar-refractivity contribution in [2.45, 2.75) is 44.3 Å². The number of amides is 1. The lowest BCUT2D eigenvalue weighted by molar-refractivity contribution is -0.159. The van der Waals surface area contributed by atoms with Gasteiger partial charge in [-0.3, -0.25) is 4.79 Å². The van der Waals surface area contributed by atoms with E-state index in [1.165, 1.54) is 0 Å². The molecule has 0 saturated carbocycles. The summed E-state index contributed by atoms with van der Waals surface area (Å²) < 4.78 is 10.7. The van der Waals surface area contributed by atoms with E-state index in [0.29, 0.717) is 19.6 Å². The summed E-state index contributed by atoms with van der Waals surface area (Å²) >= 11 is 0. The predicted octanol–water partition coefficient (Wildman–Crippen LogP) is 0.648. The first-order valence-electron chi connectivity index (χ1n) is 6.90. The number of hydrogen-bond donors (Lipinski definition) is 1. The highest BCUT2D eigenvalue weighted by atomic mass is 16.5. The van der Waals surface area contributed by atoms with E-state index in [1.807, 2.05) is 0 Å². The molecule has 2 atom stereocenters. The van der Waals surface area contributed by atoms with E-state index in [0.717, 1.165) is 32.3 Å². The zero-order valence-corrected chi connectivity index (χ0v) is 11.0. The predicted molar refractivity (Wildman–Crippen MR) is 66.8 cm³/mol. The molecule has 19 heavy (non-hydrogen) atoms. The lowest BCUT2D eigenvalue weighted by Crippen LogP contribution is -2.48. The minimum atomic E-state index is -1.01. The Balaban J connectivity index is 1.74. The number of hydrogen-bond acceptors (Lipinski definition) is 4. The Bertz CT molecular complexity index is 327. The van der Waals surface area contributed by atoms with Crippen LogP contribution >= 0.6 is 0 Å². The second-order valence-electron chi connectivity index (χ2n) is 5.06. The average Bonchev–Trinajstić information content (AvgIpc) is 2.46. The van der Waals surface area contributed by atoms with Gasteiger partial charge in [-0.25, -0.2) is 4.79 Å². The van der Waals surface area contributed by atoms with Gasteiger partial charge in [0.15, 0.2) is 6.10 Å². The Morgan fingerprint density at radius 1 is 1.21 bits per heavy atom. The molecule has 108 valence electrons. The molecule has 0 unspecified atom stereocenters. The van der Waals surface area contributed by atoms with Gasteiger partial charge in [0.25, 0.3) is 0 Å². The van der Waals surface area contributed by atoms with E-state index in [9.17, 15) is 9.59 Å². The minimum absolute atomic E-state index is 0.00345. The van der Waals surface area contributed by atoms with Gasteiger partial charge < -0.3 is 19.5 Å². The molecule has 0 aromatic heterocycles. The van der Waals surface area contributed by atoms with E-state index < -0.39 is 12.1 Å². The average molecular weight is 271 g/mol. The van der Waals surface area contributed by atoms with Crippen LogP contribution in [0.2, 0.25) is 0 Å². The molecular formula is C13H21NO5. The fourth-order valence-corrected chi connectivity index (χ4v) is 2.50. The molecule has 0 radical (unpaired) electrons. The third-order valence-electron chi connectivity index (χ3n) is 3.65. The first kappa shape index (κ1) is 14.3. The van der Waals surface area contributed by atoms with Crippen molar-refractivity contribution in [2.75, 3.05) is 26.3 Å². The molecule has 2 aliphatic rings. The van der Waals surface area contributed by atoms with Crippen LogP contribution in [0.5, 0.6) is 0 Å². The summed E-state index contributed by atoms with van der Waals surface area (Å²) in [5, 5.41) is 8.89. The number of morpholine rings is 1. The summed E-state index contributed by atoms with van der Waals surface area (Å²) in [6.07, 6.45) is 3.75. The van der Waals surface area contributed by atoms with Crippen molar-refractivity contribution in [1.29, 1.82) is 0 Å². The van der Waals surface area contributed by atoms with Crippen molar-refractivity contribution in [3.8, 4) is 0 Å². The highest BCUT2D eigenvalue weighted by Gasteiger charge is 2.29. The normalized spacial score (nSPS) is 28.1. The van der Waals surface area contributed by atoms with E-state index in [4.69, 9.17) is 14.6 Å². The molecule has 0 spiro atoms. The topological polar surface area (TPSA) is 76.1 Å². The van der Waals surface area contributed by atoms with Gasteiger partial charge in [-0.15, -0.1) is 0 Å². The van der Waals surface area contributed by atoms with Crippen LogP contribution in [-0.4, -0.2) is 60.4 Å². The van der Waals surface area contributed by atoms with Crippen LogP contribution in [0.25, 0.3) is 0 Å². The van der Waals surface area contributed by atoms with Crippen molar-refractivity contribution in [1.82, 2.24) is 4.90 Å². The number of carboxylic acids is 1. The van der Waals surface area contributed by atoms with E-state index in [2.05, 4.69) is 0 Å². The van der Waals surface area contributed by atoms with Gasteiger partial charge in [0.05, 0.1) is 19.3 Å². The summed E-state index contributed by atoms with van der Waals surface area (Å²) in [4.78, 5) is 24.5. The molecule has 1 amide bonds. The number of carbonyl (C=O) groups excluding carboxylic acids is 1. The van der Waals surface area contributed by atoms with Crippen molar-refractivity contribution in [3.05, 3.63) is 0 Å². The summed E-state index contributed by atoms with van der Waals surface area (Å²) in [6, 6.07) is 0. The van der Waals surface area contributed by atoms with E-state index in [-0.39, 0.29) is 18.6 Å². The van der Waals surface area contributed by atoms with Gasteiger partial charge in [-0.2, -0.15) is 0 Å². The number of aliphatic carboxylic acids is 1. The molecular weight excluding hydrogens is 250 g/mol. The van der Waals surface area contributed by atoms with Crippen LogP contribution in [0.3, 0.4) is 0 Å². The molecule has 2 saturated heterocycles. The molecule has 2 heterocycles. The summed E-state index contributed by atoms with van der Waals surface area (Å²) in [5.74, 6) is -1.00. The molecule has 6 heteroatoms. The van der Waals surface area contributed by atoms with Crippen LogP contribution in [-0.2, 0) is 19.1 Å². The minimum Gasteiger partial charge on any atom is -0.479 e. The molecule has 0 aliphatic carbocycles. The molecule has 1 N–H and O–H groups in total. The zero-order valence-electron chi connectivity index (χ0n) is 11.0. The van der Waals surface area contributed by atoms with Crippen molar-refractivity contribution in [3.63, 3.8) is 0 Å². The number of ether oxygens (including phenoxy) is 2. The summed E-state index contributed by atoms with van der Waals surface area (Å²) in [6.45, 7) is 1.72. The third kappa shape index (κ3) is 4.18. The standard InChI is InChI=1S/C13H21NO5/c15-12(5-4-10-3-1-2-7-18-10)14-6-8-19-11(9-14)13(16)17/h10-11H,1-9H2,(H,16,17)/t10-,11-/m1/s1. The van der Waals surface area contributed by atoms with Crippen LogP contribution in [0.4, 0.5) is 0 Å². The fourth-order valence-electron chi connectivity index (χ4n) is 2.50. The molecule has 2 rings (SSSR count). The fraction of sp³-hybridized carbons (Fsp3) is 0.846. The van der Waals surface area contributed by atoms with Gasteiger partial charge in [0.1, 0.15) is 0 Å². The largest absolute Gasteiger partial charge is 0.479 e. The van der Waals surface area contributed by atoms with Gasteiger partial charge in [0, 0.05) is 19.6 Å². The number of carbonyl (C=O) groups is 2. The zero-order chi connectivity index (χ0) is 13.7. The van der Waals surface area contributed by atoms with E-state index >= 15 is 0 Å². The molecule has 0 aromatic rings. The van der Waals surface area contributed by atoms with Gasteiger partial charge in [-0.05, 0) is 25.7 Å². The summed E-state index contributed by atoms with van der Waals surface area (Å²) in [7, 11) is 0. The third-order valence-corrected chi connectivity index (χ3v) is 3.65. The highest BCUT2D eigenvalue weighted by Crippen LogP contribution is 2.18. The molecule has 0 bridgehead atoms. The Morgan fingerprint density at radius 2 is 2.05 bits per heavy atom. The van der Waals surface area contributed by atoms with Crippen molar-refractivity contribution in [2.24, 2.45) is 0 Å². The number of carboxylic acid groups (broad SMARTS) is 1. The lowest BCUT2D eigenvalue weighted by atomic mass is 10.0. The van der Waals surface area contributed by atoms with Gasteiger partial charge in [0.2, 0.25) is 5.91 Å². The maximum Gasteiger partial charge on any atom is 0.334 e. The van der Waals surface area contributed by atoms with E-state index in [1.54, 1.807) is 4.90 Å². The Morgan fingerprint density at radius 3 is 2.74 bits per heavy atom. The van der Waals surface area contributed by atoms with Crippen molar-refractivity contribution >= 4 is 11.9 Å². The summed E-state index contributed by atoms with van der Waals surface area (Å²) in [5.41, 5.74) is 0. The van der Waals surface area contributed by atoms with Crippen molar-refractivity contribution < 1.29 is 24.2 Å². The molecule has 2 aliphatic heterocycles. The second kappa shape index (κ2) is 6.86. The Labute approximate surface area is 112 Å². The van der Waals surface area contributed by atoms with Gasteiger partial charge in [-0.1, -0.05) is 0 Å². The quantitative estimate of drug-likeness (QED) is 0.812. The van der Waals surface area contributed by atoms with Gasteiger partial charge >= 0.3 is 5.97 Å². The molecule has 0 aromatic carbocycles. The first-order chi connectivity index (χ1) is 9.16. The SMILES string of the molecule is O=C(O)[C@H]1CN(C(=O)CC[C@H]2CCCCO2)CCO1. The molecule has 2 fully saturated rings.